The molecule has 1 unspecified atom stereocenters. The number of methoxy groups -OCH3 is 2. The Hall–Kier alpha value is -1.38. The summed E-state index contributed by atoms with van der Waals surface area (Å²) in [7, 11) is 3.00. The van der Waals surface area contributed by atoms with Gasteiger partial charge in [-0.25, -0.2) is 9.59 Å². The van der Waals surface area contributed by atoms with Crippen LogP contribution in [0.3, 0.4) is 0 Å². The number of carboxylic acid groups (broad SMARTS) is 1. The van der Waals surface area contributed by atoms with Crippen molar-refractivity contribution >= 4 is 12.0 Å². The number of hydrogen-bond donors (Lipinski definition) is 3. The second-order valence-corrected chi connectivity index (χ2v) is 3.50. The van der Waals surface area contributed by atoms with E-state index in [2.05, 4.69) is 5.32 Å². The van der Waals surface area contributed by atoms with Crippen LogP contribution in [0.15, 0.2) is 0 Å². The van der Waals surface area contributed by atoms with Crippen LogP contribution in [0.1, 0.15) is 0 Å². The van der Waals surface area contributed by atoms with E-state index in [-0.39, 0.29) is 0 Å². The number of aliphatic hydroxyl groups excluding tert-OH is 1. The number of carboxylic acids is 1. The third-order valence-corrected chi connectivity index (χ3v) is 2.20. The summed E-state index contributed by atoms with van der Waals surface area (Å²) in [6.07, 6.45) is 0. The van der Waals surface area contributed by atoms with Crippen LogP contribution in [0.2, 0.25) is 0 Å². The average molecular weight is 264 g/mol. The van der Waals surface area contributed by atoms with Crippen LogP contribution in [-0.4, -0.2) is 80.3 Å². The Bertz CT molecular complexity index is 253. The second-order valence-electron chi connectivity index (χ2n) is 3.50. The van der Waals surface area contributed by atoms with Gasteiger partial charge < -0.3 is 29.9 Å². The van der Waals surface area contributed by atoms with Gasteiger partial charge >= 0.3 is 12.0 Å². The Balaban J connectivity index is 4.37. The normalized spacial score (nSPS) is 11.9. The lowest BCUT2D eigenvalue weighted by Crippen LogP contribution is -2.51. The number of carbonyl (C=O) groups is 2. The minimum absolute atomic E-state index is 0.309. The summed E-state index contributed by atoms with van der Waals surface area (Å²) in [5, 5.41) is 19.7. The lowest BCUT2D eigenvalue weighted by molar-refractivity contribution is -0.140. The zero-order valence-corrected chi connectivity index (χ0v) is 10.6. The lowest BCUT2D eigenvalue weighted by atomic mass is 10.3. The van der Waals surface area contributed by atoms with Crippen molar-refractivity contribution < 1.29 is 29.3 Å². The van der Waals surface area contributed by atoms with Gasteiger partial charge in [0.15, 0.2) is 6.04 Å². The molecular formula is C10H20N2O6. The Labute approximate surface area is 105 Å². The molecule has 0 bridgehead atoms. The molecule has 8 heteroatoms. The smallest absolute Gasteiger partial charge is 0.328 e. The Morgan fingerprint density at radius 3 is 2.06 bits per heavy atom. The highest BCUT2D eigenvalue weighted by atomic mass is 16.5. The summed E-state index contributed by atoms with van der Waals surface area (Å²) in [5.74, 6) is -1.29. The highest BCUT2D eigenvalue weighted by molar-refractivity contribution is 5.82. The molecular weight excluding hydrogens is 244 g/mol. The van der Waals surface area contributed by atoms with Crippen molar-refractivity contribution in [2.45, 2.75) is 6.04 Å². The maximum Gasteiger partial charge on any atom is 0.328 e. The molecule has 106 valence electrons. The molecule has 1 atom stereocenters. The molecule has 0 aromatic heterocycles. The molecule has 8 nitrogen and oxygen atoms in total. The highest BCUT2D eigenvalue weighted by Crippen LogP contribution is 1.93. The third kappa shape index (κ3) is 6.38. The van der Waals surface area contributed by atoms with Gasteiger partial charge in [-0.3, -0.25) is 0 Å². The molecule has 0 saturated heterocycles. The first-order valence-corrected chi connectivity index (χ1v) is 5.43. The van der Waals surface area contributed by atoms with Gasteiger partial charge in [0.05, 0.1) is 19.8 Å². The number of nitrogens with one attached hydrogen (secondary N) is 1. The molecule has 0 aromatic rings. The van der Waals surface area contributed by atoms with Crippen LogP contribution in [0.4, 0.5) is 4.79 Å². The first-order chi connectivity index (χ1) is 8.56. The molecule has 0 aliphatic rings. The Morgan fingerprint density at radius 2 is 1.72 bits per heavy atom. The standard InChI is InChI=1S/C10H20N2O6/c1-17-5-3-12(4-6-18-2)10(16)11-8(7-13)9(14)15/h8,13H,3-7H2,1-2H3,(H,11,16)(H,14,15). The van der Waals surface area contributed by atoms with Gasteiger partial charge in [0, 0.05) is 27.3 Å². The van der Waals surface area contributed by atoms with Gasteiger partial charge in [0.25, 0.3) is 0 Å². The molecule has 0 spiro atoms. The Kier molecular flexibility index (Phi) is 8.89. The lowest BCUT2D eigenvalue weighted by Gasteiger charge is -2.24. The van der Waals surface area contributed by atoms with Gasteiger partial charge in [-0.15, -0.1) is 0 Å². The van der Waals surface area contributed by atoms with E-state index >= 15 is 0 Å². The quantitative estimate of drug-likeness (QED) is 0.479. The number of rotatable bonds is 9. The van der Waals surface area contributed by atoms with Crippen molar-refractivity contribution in [3.05, 3.63) is 0 Å². The van der Waals surface area contributed by atoms with E-state index in [1.807, 2.05) is 0 Å². The number of aliphatic carboxylic acids is 1. The van der Waals surface area contributed by atoms with Gasteiger partial charge in [-0.1, -0.05) is 0 Å². The van der Waals surface area contributed by atoms with E-state index in [0.29, 0.717) is 26.3 Å². The van der Waals surface area contributed by atoms with Crippen LogP contribution in [0.25, 0.3) is 0 Å². The van der Waals surface area contributed by atoms with Crippen molar-refractivity contribution in [2.75, 3.05) is 47.1 Å². The molecule has 3 N–H and O–H groups in total. The maximum absolute atomic E-state index is 11.8. The zero-order valence-electron chi connectivity index (χ0n) is 10.6. The van der Waals surface area contributed by atoms with E-state index in [1.54, 1.807) is 0 Å². The van der Waals surface area contributed by atoms with E-state index in [0.717, 1.165) is 0 Å². The minimum atomic E-state index is -1.31. The largest absolute Gasteiger partial charge is 0.480 e. The van der Waals surface area contributed by atoms with Crippen molar-refractivity contribution in [3.8, 4) is 0 Å². The number of urea groups is 1. The number of carbonyl (C=O) groups excluding carboxylic acids is 1. The van der Waals surface area contributed by atoms with Gasteiger partial charge in [0.1, 0.15) is 0 Å². The molecule has 18 heavy (non-hydrogen) atoms. The van der Waals surface area contributed by atoms with Crippen molar-refractivity contribution in [1.82, 2.24) is 10.2 Å². The molecule has 0 fully saturated rings. The number of amides is 2. The van der Waals surface area contributed by atoms with Crippen LogP contribution >= 0.6 is 0 Å². The van der Waals surface area contributed by atoms with Gasteiger partial charge in [0.2, 0.25) is 0 Å². The topological polar surface area (TPSA) is 108 Å². The van der Waals surface area contributed by atoms with Crippen LogP contribution in [0.5, 0.6) is 0 Å². The molecule has 2 amide bonds. The summed E-state index contributed by atoms with van der Waals surface area (Å²) >= 11 is 0. The fourth-order valence-corrected chi connectivity index (χ4v) is 1.14. The summed E-state index contributed by atoms with van der Waals surface area (Å²) < 4.78 is 9.71. The van der Waals surface area contributed by atoms with Gasteiger partial charge in [-0.2, -0.15) is 0 Å². The second kappa shape index (κ2) is 9.63. The predicted molar refractivity (Wildman–Crippen MR) is 62.4 cm³/mol. The summed E-state index contributed by atoms with van der Waals surface area (Å²) in [4.78, 5) is 23.8. The van der Waals surface area contributed by atoms with Crippen LogP contribution in [-0.2, 0) is 14.3 Å². The van der Waals surface area contributed by atoms with E-state index in [4.69, 9.17) is 19.7 Å². The first-order valence-electron chi connectivity index (χ1n) is 5.43. The number of hydrogen-bond acceptors (Lipinski definition) is 5. The maximum atomic E-state index is 11.8. The molecule has 0 aromatic carbocycles. The van der Waals surface area contributed by atoms with Crippen molar-refractivity contribution in [2.24, 2.45) is 0 Å². The molecule has 0 heterocycles. The fraction of sp³-hybridized carbons (Fsp3) is 0.800. The van der Waals surface area contributed by atoms with E-state index in [1.165, 1.54) is 19.1 Å². The minimum Gasteiger partial charge on any atom is -0.480 e. The molecule has 0 rings (SSSR count). The van der Waals surface area contributed by atoms with E-state index < -0.39 is 24.6 Å². The monoisotopic (exact) mass is 264 g/mol. The summed E-state index contributed by atoms with van der Waals surface area (Å²) in [6.45, 7) is 0.610. The number of ether oxygens (including phenoxy) is 2. The van der Waals surface area contributed by atoms with Gasteiger partial charge in [-0.05, 0) is 0 Å². The predicted octanol–water partition coefficient (Wildman–Crippen LogP) is -1.26. The molecule has 0 aliphatic carbocycles. The van der Waals surface area contributed by atoms with Crippen molar-refractivity contribution in [3.63, 3.8) is 0 Å². The van der Waals surface area contributed by atoms with E-state index in [9.17, 15) is 9.59 Å². The van der Waals surface area contributed by atoms with Crippen molar-refractivity contribution in [1.29, 1.82) is 0 Å². The SMILES string of the molecule is COCCN(CCOC)C(=O)NC(CO)C(=O)O. The molecule has 0 radical (unpaired) electrons. The summed E-state index contributed by atoms with van der Waals surface area (Å²) in [5.41, 5.74) is 0. The Morgan fingerprint density at radius 1 is 1.22 bits per heavy atom. The summed E-state index contributed by atoms with van der Waals surface area (Å²) in [6, 6.07) is -1.89. The average Bonchev–Trinajstić information content (AvgIpc) is 2.35. The third-order valence-electron chi connectivity index (χ3n) is 2.20. The zero-order chi connectivity index (χ0) is 14.0. The number of nitrogens with zero attached hydrogens (tertiary/aromatic N) is 1. The molecule has 0 aliphatic heterocycles. The first kappa shape index (κ1) is 16.6. The highest BCUT2D eigenvalue weighted by Gasteiger charge is 2.22. The fourth-order valence-electron chi connectivity index (χ4n) is 1.14. The molecule has 0 saturated carbocycles. The van der Waals surface area contributed by atoms with Crippen LogP contribution in [0, 0.1) is 0 Å². The number of aliphatic hydroxyl groups is 1. The van der Waals surface area contributed by atoms with Crippen LogP contribution < -0.4 is 5.32 Å².